The maximum absolute atomic E-state index is 14.5. The molecule has 0 bridgehead atoms. The summed E-state index contributed by atoms with van der Waals surface area (Å²) in [7, 11) is 0. The molecule has 6 nitrogen and oxygen atoms in total. The Kier molecular flexibility index (Phi) is 6.81. The van der Waals surface area contributed by atoms with Gasteiger partial charge >= 0.3 is 0 Å². The van der Waals surface area contributed by atoms with Crippen LogP contribution in [0.15, 0.2) is 67.0 Å². The van der Waals surface area contributed by atoms with Crippen molar-refractivity contribution < 1.29 is 9.18 Å². The van der Waals surface area contributed by atoms with Gasteiger partial charge in [0, 0.05) is 61.1 Å². The van der Waals surface area contributed by atoms with Crippen LogP contribution in [0.5, 0.6) is 0 Å². The van der Waals surface area contributed by atoms with Gasteiger partial charge in [0.15, 0.2) is 0 Å². The van der Waals surface area contributed by atoms with E-state index in [-0.39, 0.29) is 22.5 Å². The number of nitrogens with zero attached hydrogens (tertiary/aromatic N) is 3. The van der Waals surface area contributed by atoms with Gasteiger partial charge < -0.3 is 20.1 Å². The first-order valence-corrected chi connectivity index (χ1v) is 14.0. The van der Waals surface area contributed by atoms with Gasteiger partial charge in [-0.15, -0.1) is 0 Å². The normalized spacial score (nSPS) is 19.9. The van der Waals surface area contributed by atoms with Crippen molar-refractivity contribution in [3.8, 4) is 11.1 Å². The average Bonchev–Trinajstić information content (AvgIpc) is 3.56. The van der Waals surface area contributed by atoms with Crippen LogP contribution in [0.1, 0.15) is 38.2 Å². The van der Waals surface area contributed by atoms with E-state index in [0.29, 0.717) is 31.7 Å². The molecule has 2 N–H and O–H groups in total. The molecule has 0 radical (unpaired) electrons. The maximum atomic E-state index is 14.5. The molecule has 0 spiro atoms. The summed E-state index contributed by atoms with van der Waals surface area (Å²) in [5, 5.41) is 4.78. The number of nitrogens with one attached hydrogen (secondary N) is 2. The second-order valence-electron chi connectivity index (χ2n) is 11.3. The molecule has 202 valence electrons. The smallest absolute Gasteiger partial charge is 0.231 e. The van der Waals surface area contributed by atoms with E-state index in [2.05, 4.69) is 52.2 Å². The van der Waals surface area contributed by atoms with E-state index in [0.717, 1.165) is 40.7 Å². The quantitative estimate of drug-likeness (QED) is 0.323. The van der Waals surface area contributed by atoms with E-state index in [9.17, 15) is 9.18 Å². The van der Waals surface area contributed by atoms with Crippen LogP contribution in [0.2, 0.25) is 5.02 Å². The lowest BCUT2D eigenvalue weighted by molar-refractivity contribution is -0.133. The van der Waals surface area contributed by atoms with Crippen molar-refractivity contribution in [2.24, 2.45) is 0 Å². The van der Waals surface area contributed by atoms with Crippen LogP contribution in [0.25, 0.3) is 22.2 Å². The molecule has 0 aliphatic carbocycles. The number of amides is 1. The first-order valence-electron chi connectivity index (χ1n) is 13.6. The van der Waals surface area contributed by atoms with Crippen molar-refractivity contribution >= 4 is 34.2 Å². The lowest BCUT2D eigenvalue weighted by Crippen LogP contribution is -2.53. The number of piperazine rings is 1. The number of aromatic nitrogens is 2. The van der Waals surface area contributed by atoms with Crippen LogP contribution < -0.4 is 10.2 Å². The first-order chi connectivity index (χ1) is 18.8. The molecule has 2 aliphatic rings. The second kappa shape index (κ2) is 10.3. The third kappa shape index (κ3) is 5.01. The zero-order valence-electron chi connectivity index (χ0n) is 22.3. The molecule has 2 saturated heterocycles. The standard InChI is InChI=1S/C31H33ClFN5O/c1-31(2)12-10-26(36-31)27(21-8-9-24(32)25(33)18-21)30(39)38-16-14-37(15-17-38)28-22-11-13-34-29(22)35-19-23(28)20-6-4-3-5-7-20/h3-9,11,13,18-19,26-27,36H,10,12,14-17H2,1-2H3,(H,34,35). The molecule has 8 heteroatoms. The number of pyridine rings is 1. The van der Waals surface area contributed by atoms with Crippen molar-refractivity contribution in [1.82, 2.24) is 20.2 Å². The van der Waals surface area contributed by atoms with Crippen LogP contribution in [0, 0.1) is 5.82 Å². The molecule has 2 fully saturated rings. The highest BCUT2D eigenvalue weighted by Crippen LogP contribution is 2.38. The van der Waals surface area contributed by atoms with Crippen molar-refractivity contribution in [3.05, 3.63) is 83.4 Å². The van der Waals surface area contributed by atoms with E-state index in [4.69, 9.17) is 11.6 Å². The lowest BCUT2D eigenvalue weighted by Gasteiger charge is -2.39. The molecule has 0 saturated carbocycles. The van der Waals surface area contributed by atoms with Gasteiger partial charge in [-0.3, -0.25) is 4.79 Å². The summed E-state index contributed by atoms with van der Waals surface area (Å²) in [5.74, 6) is -0.922. The Labute approximate surface area is 233 Å². The summed E-state index contributed by atoms with van der Waals surface area (Å²) in [4.78, 5) is 26.3. The molecule has 2 unspecified atom stereocenters. The molecule has 6 rings (SSSR count). The Bertz CT molecular complexity index is 1500. The number of halogens is 2. The van der Waals surface area contributed by atoms with Gasteiger partial charge in [-0.2, -0.15) is 0 Å². The molecular formula is C31H33ClFN5O. The molecular weight excluding hydrogens is 513 g/mol. The van der Waals surface area contributed by atoms with E-state index in [1.54, 1.807) is 12.1 Å². The van der Waals surface area contributed by atoms with Gasteiger partial charge in [0.25, 0.3) is 0 Å². The highest BCUT2D eigenvalue weighted by molar-refractivity contribution is 6.30. The van der Waals surface area contributed by atoms with Crippen molar-refractivity contribution in [3.63, 3.8) is 0 Å². The number of fused-ring (bicyclic) bond motifs is 1. The Morgan fingerprint density at radius 3 is 2.56 bits per heavy atom. The Balaban J connectivity index is 1.27. The molecule has 4 aromatic rings. The fraction of sp³-hybridized carbons (Fsp3) is 0.355. The number of anilines is 1. The van der Waals surface area contributed by atoms with Crippen molar-refractivity contribution in [2.45, 2.75) is 44.2 Å². The van der Waals surface area contributed by atoms with Gasteiger partial charge in [0.2, 0.25) is 5.91 Å². The van der Waals surface area contributed by atoms with Crippen LogP contribution in [0.3, 0.4) is 0 Å². The minimum atomic E-state index is -0.490. The fourth-order valence-electron chi connectivity index (χ4n) is 6.18. The summed E-state index contributed by atoms with van der Waals surface area (Å²) in [6, 6.07) is 17.1. The zero-order chi connectivity index (χ0) is 27.1. The predicted octanol–water partition coefficient (Wildman–Crippen LogP) is 5.99. The summed E-state index contributed by atoms with van der Waals surface area (Å²) < 4.78 is 14.5. The third-order valence-corrected chi connectivity index (χ3v) is 8.48. The summed E-state index contributed by atoms with van der Waals surface area (Å²) in [6.07, 6.45) is 5.67. The summed E-state index contributed by atoms with van der Waals surface area (Å²) >= 11 is 5.98. The monoisotopic (exact) mass is 545 g/mol. The number of hydrogen-bond donors (Lipinski definition) is 2. The topological polar surface area (TPSA) is 64.3 Å². The van der Waals surface area contributed by atoms with Crippen LogP contribution in [-0.2, 0) is 4.79 Å². The van der Waals surface area contributed by atoms with Gasteiger partial charge in [-0.05, 0) is 56.0 Å². The minimum Gasteiger partial charge on any atom is -0.367 e. The largest absolute Gasteiger partial charge is 0.367 e. The number of carbonyl (C=O) groups is 1. The number of benzene rings is 2. The van der Waals surface area contributed by atoms with E-state index in [1.807, 2.05) is 35.5 Å². The Hall–Kier alpha value is -3.42. The SMILES string of the molecule is CC1(C)CCC(C(C(=O)N2CCN(c3c(-c4ccccc4)cnc4[nH]ccc34)CC2)c2ccc(Cl)c(F)c2)N1. The minimum absolute atomic E-state index is 0.0383. The third-order valence-electron chi connectivity index (χ3n) is 8.18. The molecule has 4 heterocycles. The molecule has 2 aromatic carbocycles. The number of rotatable bonds is 5. The number of H-pyrrole nitrogens is 1. The van der Waals surface area contributed by atoms with E-state index >= 15 is 0 Å². The Morgan fingerprint density at radius 1 is 1.10 bits per heavy atom. The van der Waals surface area contributed by atoms with Crippen molar-refractivity contribution in [2.75, 3.05) is 31.1 Å². The fourth-order valence-corrected chi connectivity index (χ4v) is 6.29. The highest BCUT2D eigenvalue weighted by Gasteiger charge is 2.41. The summed E-state index contributed by atoms with van der Waals surface area (Å²) in [5.41, 5.74) is 4.78. The zero-order valence-corrected chi connectivity index (χ0v) is 23.0. The summed E-state index contributed by atoms with van der Waals surface area (Å²) in [6.45, 7) is 6.86. The molecule has 2 atom stereocenters. The highest BCUT2D eigenvalue weighted by atomic mass is 35.5. The number of carbonyl (C=O) groups excluding carboxylic acids is 1. The molecule has 1 amide bonds. The first kappa shape index (κ1) is 25.8. The van der Waals surface area contributed by atoms with Crippen LogP contribution >= 0.6 is 11.6 Å². The van der Waals surface area contributed by atoms with Crippen molar-refractivity contribution in [1.29, 1.82) is 0 Å². The molecule has 2 aromatic heterocycles. The maximum Gasteiger partial charge on any atom is 0.231 e. The van der Waals surface area contributed by atoms with Crippen LogP contribution in [-0.4, -0.2) is 58.5 Å². The molecule has 2 aliphatic heterocycles. The van der Waals surface area contributed by atoms with E-state index in [1.165, 1.54) is 6.07 Å². The predicted molar refractivity (Wildman–Crippen MR) is 155 cm³/mol. The van der Waals surface area contributed by atoms with Crippen LogP contribution in [0.4, 0.5) is 10.1 Å². The van der Waals surface area contributed by atoms with Gasteiger partial charge in [0.1, 0.15) is 11.5 Å². The second-order valence-corrected chi connectivity index (χ2v) is 11.7. The van der Waals surface area contributed by atoms with Gasteiger partial charge in [-0.25, -0.2) is 9.37 Å². The molecule has 39 heavy (non-hydrogen) atoms. The van der Waals surface area contributed by atoms with E-state index < -0.39 is 11.7 Å². The number of hydrogen-bond acceptors (Lipinski definition) is 4. The van der Waals surface area contributed by atoms with Gasteiger partial charge in [0.05, 0.1) is 16.6 Å². The average molecular weight is 546 g/mol. The number of aromatic amines is 1. The Morgan fingerprint density at radius 2 is 1.87 bits per heavy atom. The lowest BCUT2D eigenvalue weighted by atomic mass is 9.88. The van der Waals surface area contributed by atoms with Gasteiger partial charge in [-0.1, -0.05) is 48.0 Å².